The van der Waals surface area contributed by atoms with E-state index in [1.54, 1.807) is 24.1 Å². The number of halogens is 1. The molecule has 0 N–H and O–H groups in total. The van der Waals surface area contributed by atoms with Crippen molar-refractivity contribution < 1.29 is 17.6 Å². The molecule has 4 nitrogen and oxygen atoms in total. The molecule has 3 rings (SSSR count). The second kappa shape index (κ2) is 7.58. The van der Waals surface area contributed by atoms with Crippen molar-refractivity contribution in [3.8, 4) is 0 Å². The van der Waals surface area contributed by atoms with Gasteiger partial charge in [0.25, 0.3) is 0 Å². The summed E-state index contributed by atoms with van der Waals surface area (Å²) in [5.41, 5.74) is 1.73. The Kier molecular flexibility index (Phi) is 5.41. The summed E-state index contributed by atoms with van der Waals surface area (Å²) in [7, 11) is -1.41. The van der Waals surface area contributed by atoms with Gasteiger partial charge in [0.05, 0.1) is 17.4 Å². The van der Waals surface area contributed by atoms with E-state index in [9.17, 15) is 17.6 Å². The van der Waals surface area contributed by atoms with Crippen molar-refractivity contribution in [3.63, 3.8) is 0 Å². The Morgan fingerprint density at radius 1 is 1.15 bits per heavy atom. The molecule has 1 heterocycles. The second-order valence-electron chi connectivity index (χ2n) is 6.80. The SMILES string of the molecule is CN(C(=O)C(Cc1ccccc1)c1ccc(F)cc1)C1CCS(=O)(=O)C1. The first-order valence-corrected chi connectivity index (χ1v) is 10.4. The molecule has 1 aliphatic rings. The molecule has 0 bridgehead atoms. The number of hydrogen-bond acceptors (Lipinski definition) is 3. The van der Waals surface area contributed by atoms with Crippen LogP contribution in [-0.4, -0.2) is 43.8 Å². The highest BCUT2D eigenvalue weighted by Crippen LogP contribution is 2.26. The number of amides is 1. The van der Waals surface area contributed by atoms with Crippen molar-refractivity contribution in [1.82, 2.24) is 4.90 Å². The predicted octanol–water partition coefficient (Wildman–Crippen LogP) is 2.80. The van der Waals surface area contributed by atoms with Crippen LogP contribution < -0.4 is 0 Å². The molecule has 0 aromatic heterocycles. The first-order valence-electron chi connectivity index (χ1n) is 8.62. The van der Waals surface area contributed by atoms with E-state index in [1.165, 1.54) is 12.1 Å². The van der Waals surface area contributed by atoms with Crippen LogP contribution in [0.2, 0.25) is 0 Å². The summed E-state index contributed by atoms with van der Waals surface area (Å²) in [4.78, 5) is 14.7. The maximum absolute atomic E-state index is 13.3. The van der Waals surface area contributed by atoms with Crippen molar-refractivity contribution >= 4 is 15.7 Å². The lowest BCUT2D eigenvalue weighted by Gasteiger charge is -2.28. The zero-order valence-corrected chi connectivity index (χ0v) is 15.5. The fraction of sp³-hybridized carbons (Fsp3) is 0.350. The van der Waals surface area contributed by atoms with Crippen molar-refractivity contribution in [2.45, 2.75) is 24.8 Å². The van der Waals surface area contributed by atoms with Gasteiger partial charge >= 0.3 is 0 Å². The number of likely N-dealkylation sites (N-methyl/N-ethyl adjacent to an activating group) is 1. The van der Waals surface area contributed by atoms with Crippen LogP contribution in [0, 0.1) is 5.82 Å². The van der Waals surface area contributed by atoms with Gasteiger partial charge in [0.15, 0.2) is 9.84 Å². The normalized spacial score (nSPS) is 19.8. The Bertz CT molecular complexity index is 866. The highest BCUT2D eigenvalue weighted by Gasteiger charge is 2.35. The van der Waals surface area contributed by atoms with Gasteiger partial charge in [0.1, 0.15) is 5.82 Å². The molecular weight excluding hydrogens is 353 g/mol. The van der Waals surface area contributed by atoms with Gasteiger partial charge in [-0.25, -0.2) is 12.8 Å². The maximum atomic E-state index is 13.3. The monoisotopic (exact) mass is 375 g/mol. The van der Waals surface area contributed by atoms with Crippen LogP contribution in [0.4, 0.5) is 4.39 Å². The Labute approximate surface area is 153 Å². The molecule has 2 unspecified atom stereocenters. The highest BCUT2D eigenvalue weighted by molar-refractivity contribution is 7.91. The number of carbonyl (C=O) groups excluding carboxylic acids is 1. The van der Waals surface area contributed by atoms with E-state index < -0.39 is 15.8 Å². The largest absolute Gasteiger partial charge is 0.341 e. The summed E-state index contributed by atoms with van der Waals surface area (Å²) in [6.07, 6.45) is 0.946. The van der Waals surface area contributed by atoms with Gasteiger partial charge in [0, 0.05) is 13.1 Å². The van der Waals surface area contributed by atoms with Crippen LogP contribution in [0.25, 0.3) is 0 Å². The van der Waals surface area contributed by atoms with Crippen molar-refractivity contribution in [2.24, 2.45) is 0 Å². The van der Waals surface area contributed by atoms with Gasteiger partial charge in [-0.15, -0.1) is 0 Å². The molecule has 1 amide bonds. The molecule has 1 aliphatic heterocycles. The summed E-state index contributed by atoms with van der Waals surface area (Å²) in [6, 6.07) is 15.3. The Balaban J connectivity index is 1.86. The van der Waals surface area contributed by atoms with Crippen molar-refractivity contribution in [1.29, 1.82) is 0 Å². The number of sulfone groups is 1. The standard InChI is InChI=1S/C20H22FNO3S/c1-22(18-11-12-26(24,25)14-18)20(23)19(13-15-5-3-2-4-6-15)16-7-9-17(21)10-8-16/h2-10,18-19H,11-14H2,1H3. The van der Waals surface area contributed by atoms with Crippen LogP contribution in [0.3, 0.4) is 0 Å². The summed E-state index contributed by atoms with van der Waals surface area (Å²) in [5, 5.41) is 0. The minimum atomic E-state index is -3.07. The zero-order valence-electron chi connectivity index (χ0n) is 14.6. The number of benzene rings is 2. The van der Waals surface area contributed by atoms with Gasteiger partial charge < -0.3 is 4.90 Å². The van der Waals surface area contributed by atoms with E-state index in [1.807, 2.05) is 30.3 Å². The Morgan fingerprint density at radius 2 is 1.81 bits per heavy atom. The van der Waals surface area contributed by atoms with E-state index in [-0.39, 0.29) is 29.3 Å². The number of carbonyl (C=O) groups is 1. The predicted molar refractivity (Wildman–Crippen MR) is 99.1 cm³/mol. The molecule has 0 saturated carbocycles. The number of hydrogen-bond donors (Lipinski definition) is 0. The lowest BCUT2D eigenvalue weighted by molar-refractivity contribution is -0.133. The van der Waals surface area contributed by atoms with E-state index >= 15 is 0 Å². The Morgan fingerprint density at radius 3 is 2.38 bits per heavy atom. The van der Waals surface area contributed by atoms with E-state index in [0.29, 0.717) is 12.8 Å². The summed E-state index contributed by atoms with van der Waals surface area (Å²) in [5.74, 6) is -0.838. The minimum absolute atomic E-state index is 0.0106. The van der Waals surface area contributed by atoms with Gasteiger partial charge in [-0.3, -0.25) is 4.79 Å². The molecule has 2 aromatic carbocycles. The van der Waals surface area contributed by atoms with E-state index in [4.69, 9.17) is 0 Å². The minimum Gasteiger partial charge on any atom is -0.341 e. The van der Waals surface area contributed by atoms with Crippen molar-refractivity contribution in [3.05, 3.63) is 71.5 Å². The van der Waals surface area contributed by atoms with Crippen LogP contribution in [0.1, 0.15) is 23.5 Å². The van der Waals surface area contributed by atoms with Crippen LogP contribution in [-0.2, 0) is 21.1 Å². The molecular formula is C20H22FNO3S. The number of rotatable bonds is 5. The van der Waals surface area contributed by atoms with Crippen LogP contribution in [0.15, 0.2) is 54.6 Å². The molecule has 1 saturated heterocycles. The van der Waals surface area contributed by atoms with Gasteiger partial charge in [0.2, 0.25) is 5.91 Å². The third-order valence-corrected chi connectivity index (χ3v) is 6.71. The smallest absolute Gasteiger partial charge is 0.230 e. The Hall–Kier alpha value is -2.21. The quantitative estimate of drug-likeness (QED) is 0.808. The average Bonchev–Trinajstić information content (AvgIpc) is 3.00. The first kappa shape index (κ1) is 18.6. The molecule has 0 spiro atoms. The molecule has 1 fully saturated rings. The second-order valence-corrected chi connectivity index (χ2v) is 9.03. The third kappa shape index (κ3) is 4.30. The van der Waals surface area contributed by atoms with Gasteiger partial charge in [-0.05, 0) is 36.1 Å². The summed E-state index contributed by atoms with van der Waals surface area (Å²) >= 11 is 0. The molecule has 138 valence electrons. The summed E-state index contributed by atoms with van der Waals surface area (Å²) < 4.78 is 36.8. The van der Waals surface area contributed by atoms with Crippen molar-refractivity contribution in [2.75, 3.05) is 18.6 Å². The highest BCUT2D eigenvalue weighted by atomic mass is 32.2. The van der Waals surface area contributed by atoms with Gasteiger partial charge in [-0.1, -0.05) is 42.5 Å². The first-order chi connectivity index (χ1) is 12.4. The molecule has 6 heteroatoms. The topological polar surface area (TPSA) is 54.5 Å². The molecule has 2 atom stereocenters. The zero-order chi connectivity index (χ0) is 18.7. The molecule has 26 heavy (non-hydrogen) atoms. The van der Waals surface area contributed by atoms with E-state index in [0.717, 1.165) is 11.1 Å². The number of nitrogens with zero attached hydrogens (tertiary/aromatic N) is 1. The molecule has 0 radical (unpaired) electrons. The fourth-order valence-corrected chi connectivity index (χ4v) is 5.17. The van der Waals surface area contributed by atoms with E-state index in [2.05, 4.69) is 0 Å². The van der Waals surface area contributed by atoms with Crippen LogP contribution >= 0.6 is 0 Å². The maximum Gasteiger partial charge on any atom is 0.230 e. The lowest BCUT2D eigenvalue weighted by Crippen LogP contribution is -2.41. The summed E-state index contributed by atoms with van der Waals surface area (Å²) in [6.45, 7) is 0. The third-order valence-electron chi connectivity index (χ3n) is 4.96. The lowest BCUT2D eigenvalue weighted by atomic mass is 9.90. The van der Waals surface area contributed by atoms with Gasteiger partial charge in [-0.2, -0.15) is 0 Å². The fourth-order valence-electron chi connectivity index (χ4n) is 3.40. The molecule has 0 aliphatic carbocycles. The van der Waals surface area contributed by atoms with Crippen LogP contribution in [0.5, 0.6) is 0 Å². The average molecular weight is 375 g/mol. The molecule has 2 aromatic rings.